The van der Waals surface area contributed by atoms with Crippen molar-refractivity contribution in [3.8, 4) is 0 Å². The van der Waals surface area contributed by atoms with E-state index in [1.807, 2.05) is 18.2 Å². The van der Waals surface area contributed by atoms with Crippen LogP contribution < -0.4 is 10.6 Å². The molecular formula is C14H20N2O4S. The molecule has 0 radical (unpaired) electrons. The first-order valence-corrected chi connectivity index (χ1v) is 8.17. The topological polar surface area (TPSA) is 95.5 Å². The van der Waals surface area contributed by atoms with Crippen LogP contribution in [0.15, 0.2) is 30.3 Å². The van der Waals surface area contributed by atoms with Gasteiger partial charge >= 0.3 is 12.0 Å². The fraction of sp³-hybridized carbons (Fsp3) is 0.429. The third kappa shape index (κ3) is 6.89. The van der Waals surface area contributed by atoms with E-state index in [1.165, 1.54) is 0 Å². The number of benzene rings is 1. The molecule has 3 N–H and O–H groups in total. The van der Waals surface area contributed by atoms with E-state index in [-0.39, 0.29) is 13.0 Å². The van der Waals surface area contributed by atoms with E-state index >= 15 is 0 Å². The average molecular weight is 312 g/mol. The van der Waals surface area contributed by atoms with Gasteiger partial charge in [-0.25, -0.2) is 9.59 Å². The van der Waals surface area contributed by atoms with E-state index in [9.17, 15) is 13.8 Å². The number of amides is 2. The third-order valence-electron chi connectivity index (χ3n) is 2.82. The van der Waals surface area contributed by atoms with Crippen molar-refractivity contribution >= 4 is 22.8 Å². The molecule has 0 aliphatic rings. The summed E-state index contributed by atoms with van der Waals surface area (Å²) in [5, 5.41) is 14.1. The van der Waals surface area contributed by atoms with Crippen molar-refractivity contribution in [3.63, 3.8) is 0 Å². The maximum Gasteiger partial charge on any atom is 0.326 e. The minimum Gasteiger partial charge on any atom is -0.480 e. The van der Waals surface area contributed by atoms with Crippen LogP contribution in [0.3, 0.4) is 0 Å². The number of hydrogen-bond donors (Lipinski definition) is 3. The van der Waals surface area contributed by atoms with Gasteiger partial charge < -0.3 is 15.7 Å². The van der Waals surface area contributed by atoms with Gasteiger partial charge in [0.05, 0.1) is 0 Å². The van der Waals surface area contributed by atoms with Crippen LogP contribution in [-0.4, -0.2) is 45.4 Å². The summed E-state index contributed by atoms with van der Waals surface area (Å²) in [6.07, 6.45) is 0.213. The lowest BCUT2D eigenvalue weighted by Crippen LogP contribution is -2.47. The summed E-state index contributed by atoms with van der Waals surface area (Å²) in [5.74, 6) is -0.193. The van der Waals surface area contributed by atoms with Crippen LogP contribution >= 0.6 is 0 Å². The molecule has 0 saturated heterocycles. The van der Waals surface area contributed by atoms with Crippen molar-refractivity contribution in [1.29, 1.82) is 0 Å². The highest BCUT2D eigenvalue weighted by molar-refractivity contribution is 7.84. The smallest absolute Gasteiger partial charge is 0.326 e. The normalized spacial score (nSPS) is 13.2. The van der Waals surface area contributed by atoms with Crippen LogP contribution in [0, 0.1) is 0 Å². The summed E-state index contributed by atoms with van der Waals surface area (Å²) >= 11 is 0. The van der Waals surface area contributed by atoms with Crippen molar-refractivity contribution in [2.45, 2.75) is 19.4 Å². The number of carbonyl (C=O) groups excluding carboxylic acids is 1. The molecule has 1 aromatic carbocycles. The fourth-order valence-corrected chi connectivity index (χ4v) is 2.30. The number of carbonyl (C=O) groups is 2. The van der Waals surface area contributed by atoms with E-state index in [0.29, 0.717) is 11.5 Å². The Hall–Kier alpha value is -1.89. The first-order chi connectivity index (χ1) is 10.0. The molecule has 7 heteroatoms. The van der Waals surface area contributed by atoms with Crippen molar-refractivity contribution in [1.82, 2.24) is 10.6 Å². The Labute approximate surface area is 126 Å². The summed E-state index contributed by atoms with van der Waals surface area (Å²) in [6.45, 7) is 2.06. The number of aliphatic carboxylic acids is 1. The van der Waals surface area contributed by atoms with Gasteiger partial charge in [-0.05, 0) is 5.56 Å². The largest absolute Gasteiger partial charge is 0.480 e. The zero-order chi connectivity index (χ0) is 15.7. The zero-order valence-corrected chi connectivity index (χ0v) is 12.7. The second-order valence-corrected chi connectivity index (χ2v) is 6.28. The van der Waals surface area contributed by atoms with Crippen molar-refractivity contribution < 1.29 is 18.9 Å². The standard InChI is InChI=1S/C14H20N2O4S/c1-2-21(20)9-8-15-14(19)16-12(13(17)18)10-11-6-4-3-5-7-11/h3-7,12H,2,8-10H2,1H3,(H,17,18)(H2,15,16,19)/t12-,21?/m1/s1. The molecule has 1 rings (SSSR count). The fourth-order valence-electron chi connectivity index (χ4n) is 1.68. The van der Waals surface area contributed by atoms with Crippen LogP contribution in [-0.2, 0) is 22.0 Å². The zero-order valence-electron chi connectivity index (χ0n) is 11.9. The number of carboxylic acids is 1. The molecule has 0 heterocycles. The van der Waals surface area contributed by atoms with Crippen LogP contribution in [0.25, 0.3) is 0 Å². The van der Waals surface area contributed by atoms with Crippen LogP contribution in [0.1, 0.15) is 12.5 Å². The lowest BCUT2D eigenvalue weighted by molar-refractivity contribution is -0.139. The number of carboxylic acid groups (broad SMARTS) is 1. The number of rotatable bonds is 8. The van der Waals surface area contributed by atoms with Gasteiger partial charge in [0.2, 0.25) is 0 Å². The highest BCUT2D eigenvalue weighted by Crippen LogP contribution is 2.03. The Morgan fingerprint density at radius 2 is 1.95 bits per heavy atom. The van der Waals surface area contributed by atoms with E-state index < -0.39 is 28.8 Å². The van der Waals surface area contributed by atoms with Gasteiger partial charge in [-0.1, -0.05) is 37.3 Å². The number of nitrogens with one attached hydrogen (secondary N) is 2. The Bertz CT molecular complexity index is 493. The molecule has 21 heavy (non-hydrogen) atoms. The lowest BCUT2D eigenvalue weighted by Gasteiger charge is -2.15. The molecule has 1 unspecified atom stereocenters. The summed E-state index contributed by atoms with van der Waals surface area (Å²) in [4.78, 5) is 22.8. The van der Waals surface area contributed by atoms with Gasteiger partial charge in [0.25, 0.3) is 0 Å². The monoisotopic (exact) mass is 312 g/mol. The van der Waals surface area contributed by atoms with E-state index in [2.05, 4.69) is 10.6 Å². The van der Waals surface area contributed by atoms with Gasteiger partial charge in [-0.3, -0.25) is 4.21 Å². The molecule has 0 bridgehead atoms. The molecule has 2 amide bonds. The maximum atomic E-state index is 11.6. The Morgan fingerprint density at radius 3 is 2.52 bits per heavy atom. The van der Waals surface area contributed by atoms with Crippen molar-refractivity contribution in [3.05, 3.63) is 35.9 Å². The quantitative estimate of drug-likeness (QED) is 0.660. The lowest BCUT2D eigenvalue weighted by atomic mass is 10.1. The molecule has 116 valence electrons. The highest BCUT2D eigenvalue weighted by Gasteiger charge is 2.20. The predicted molar refractivity (Wildman–Crippen MR) is 81.7 cm³/mol. The molecule has 2 atom stereocenters. The van der Waals surface area contributed by atoms with Crippen molar-refractivity contribution in [2.75, 3.05) is 18.1 Å². The second kappa shape index (κ2) is 9.12. The van der Waals surface area contributed by atoms with Gasteiger partial charge in [-0.15, -0.1) is 0 Å². The highest BCUT2D eigenvalue weighted by atomic mass is 32.2. The summed E-state index contributed by atoms with van der Waals surface area (Å²) in [6, 6.07) is 7.52. The molecule has 6 nitrogen and oxygen atoms in total. The number of hydrogen-bond acceptors (Lipinski definition) is 3. The van der Waals surface area contributed by atoms with Gasteiger partial charge in [0, 0.05) is 35.3 Å². The molecule has 1 aromatic rings. The molecular weight excluding hydrogens is 292 g/mol. The van der Waals surface area contributed by atoms with E-state index in [0.717, 1.165) is 5.56 Å². The first-order valence-electron chi connectivity index (χ1n) is 6.69. The number of urea groups is 1. The Balaban J connectivity index is 2.45. The van der Waals surface area contributed by atoms with Gasteiger partial charge in [-0.2, -0.15) is 0 Å². The van der Waals surface area contributed by atoms with Crippen LogP contribution in [0.5, 0.6) is 0 Å². The molecule has 0 aliphatic carbocycles. The first kappa shape index (κ1) is 17.2. The maximum absolute atomic E-state index is 11.6. The van der Waals surface area contributed by atoms with Crippen LogP contribution in [0.4, 0.5) is 4.79 Å². The summed E-state index contributed by atoms with van der Waals surface area (Å²) in [7, 11) is -0.955. The summed E-state index contributed by atoms with van der Waals surface area (Å²) in [5.41, 5.74) is 0.831. The van der Waals surface area contributed by atoms with E-state index in [1.54, 1.807) is 19.1 Å². The SMILES string of the molecule is CCS(=O)CCNC(=O)N[C@H](Cc1ccccc1)C(=O)O. The minimum absolute atomic E-state index is 0.213. The predicted octanol–water partition coefficient (Wildman–Crippen LogP) is 0.750. The Kier molecular flexibility index (Phi) is 7.45. The average Bonchev–Trinajstić information content (AvgIpc) is 2.47. The van der Waals surface area contributed by atoms with Crippen LogP contribution in [0.2, 0.25) is 0 Å². The molecule has 0 fully saturated rings. The molecule has 0 spiro atoms. The van der Waals surface area contributed by atoms with Gasteiger partial charge in [0.1, 0.15) is 6.04 Å². The molecule has 0 aromatic heterocycles. The van der Waals surface area contributed by atoms with Gasteiger partial charge in [0.15, 0.2) is 0 Å². The Morgan fingerprint density at radius 1 is 1.29 bits per heavy atom. The third-order valence-corrected chi connectivity index (χ3v) is 4.13. The minimum atomic E-state index is -1.09. The second-order valence-electron chi connectivity index (χ2n) is 4.41. The molecule has 0 aliphatic heterocycles. The molecule has 0 saturated carbocycles. The van der Waals surface area contributed by atoms with E-state index in [4.69, 9.17) is 5.11 Å². The summed E-state index contributed by atoms with van der Waals surface area (Å²) < 4.78 is 11.2. The van der Waals surface area contributed by atoms with Crippen molar-refractivity contribution in [2.24, 2.45) is 0 Å².